The van der Waals surface area contributed by atoms with Gasteiger partial charge in [0.05, 0.1) is 0 Å². The zero-order valence-corrected chi connectivity index (χ0v) is 13.1. The molecule has 2 rings (SSSR count). The van der Waals surface area contributed by atoms with Gasteiger partial charge in [-0.3, -0.25) is 0 Å². The molecular formula is C14H18IrN2-2. The Bertz CT molecular complexity index is 407. The number of benzene rings is 1. The molecule has 0 fully saturated rings. The summed E-state index contributed by atoms with van der Waals surface area (Å²) < 4.78 is 0. The van der Waals surface area contributed by atoms with Gasteiger partial charge >= 0.3 is 0 Å². The van der Waals surface area contributed by atoms with Crippen LogP contribution in [0.2, 0.25) is 0 Å². The van der Waals surface area contributed by atoms with Gasteiger partial charge in [-0.15, -0.1) is 11.8 Å². The first-order valence-corrected chi connectivity index (χ1v) is 5.52. The molecule has 0 saturated carbocycles. The van der Waals surface area contributed by atoms with E-state index in [9.17, 15) is 0 Å². The van der Waals surface area contributed by atoms with Crippen LogP contribution in [-0.2, 0) is 25.5 Å². The van der Waals surface area contributed by atoms with Gasteiger partial charge in [-0.2, -0.15) is 30.4 Å². The zero-order chi connectivity index (χ0) is 11.8. The van der Waals surface area contributed by atoms with Crippen LogP contribution < -0.4 is 4.90 Å². The van der Waals surface area contributed by atoms with Crippen molar-refractivity contribution < 1.29 is 20.1 Å². The van der Waals surface area contributed by atoms with E-state index >= 15 is 0 Å². The fourth-order valence-electron chi connectivity index (χ4n) is 1.66. The van der Waals surface area contributed by atoms with Gasteiger partial charge in [0.1, 0.15) is 0 Å². The number of hydrogen-bond acceptors (Lipinski definition) is 2. The standard InChI is InChI=1S/C14H18N2.Ir/c1-14(2,3)12-6-5-7-13(10-12)16-9-8-15(4)11-16;/h5-6,8-11H,1-4H3;/q-2;. The molecule has 95 valence electrons. The summed E-state index contributed by atoms with van der Waals surface area (Å²) >= 11 is 0. The molecule has 0 unspecified atom stereocenters. The molecule has 0 spiro atoms. The van der Waals surface area contributed by atoms with Crippen molar-refractivity contribution >= 4 is 5.69 Å². The van der Waals surface area contributed by atoms with E-state index in [2.05, 4.69) is 43.9 Å². The Labute approximate surface area is 118 Å². The Morgan fingerprint density at radius 2 is 1.94 bits per heavy atom. The normalized spacial score (nSPS) is 15.1. The van der Waals surface area contributed by atoms with Crippen molar-refractivity contribution in [3.05, 3.63) is 48.9 Å². The smallest absolute Gasteiger partial charge is 0 e. The average molecular weight is 407 g/mol. The zero-order valence-electron chi connectivity index (χ0n) is 10.7. The van der Waals surface area contributed by atoms with Crippen molar-refractivity contribution in [2.75, 3.05) is 11.9 Å². The van der Waals surface area contributed by atoms with E-state index < -0.39 is 0 Å². The van der Waals surface area contributed by atoms with Crippen LogP contribution in [0, 0.1) is 12.7 Å². The molecule has 1 radical (unpaired) electrons. The Morgan fingerprint density at radius 3 is 2.47 bits per heavy atom. The molecule has 1 aromatic carbocycles. The van der Waals surface area contributed by atoms with Gasteiger partial charge in [-0.05, 0) is 24.9 Å². The fourth-order valence-corrected chi connectivity index (χ4v) is 1.66. The van der Waals surface area contributed by atoms with Crippen LogP contribution in [0.15, 0.2) is 30.6 Å². The summed E-state index contributed by atoms with van der Waals surface area (Å²) in [5, 5.41) is 0. The van der Waals surface area contributed by atoms with Crippen LogP contribution in [0.25, 0.3) is 0 Å². The third-order valence-corrected chi connectivity index (χ3v) is 2.70. The SMILES string of the molecule is CN1C=CN(c2[c-]ccc(C(C)(C)C)c2)[CH-]1.[Ir]. The van der Waals surface area contributed by atoms with Crippen molar-refractivity contribution in [2.45, 2.75) is 26.2 Å². The van der Waals surface area contributed by atoms with Gasteiger partial charge in [-0.1, -0.05) is 20.8 Å². The molecule has 1 aromatic rings. The summed E-state index contributed by atoms with van der Waals surface area (Å²) in [7, 11) is 2.02. The maximum Gasteiger partial charge on any atom is 0 e. The van der Waals surface area contributed by atoms with Gasteiger partial charge in [0, 0.05) is 20.1 Å². The van der Waals surface area contributed by atoms with Crippen molar-refractivity contribution in [3.8, 4) is 0 Å². The number of hydrogen-bond donors (Lipinski definition) is 0. The molecule has 0 amide bonds. The van der Waals surface area contributed by atoms with Gasteiger partial charge < -0.3 is 9.80 Å². The number of anilines is 1. The molecule has 3 heteroatoms. The van der Waals surface area contributed by atoms with Crippen LogP contribution in [0.3, 0.4) is 0 Å². The summed E-state index contributed by atoms with van der Waals surface area (Å²) in [6.45, 7) is 8.71. The van der Waals surface area contributed by atoms with Crippen LogP contribution in [0.1, 0.15) is 26.3 Å². The first-order valence-electron chi connectivity index (χ1n) is 5.52. The molecule has 0 saturated heterocycles. The quantitative estimate of drug-likeness (QED) is 0.662. The molecule has 0 aliphatic carbocycles. The minimum absolute atomic E-state index is 0. The maximum absolute atomic E-state index is 3.26. The predicted octanol–water partition coefficient (Wildman–Crippen LogP) is 3.12. The molecule has 1 aliphatic rings. The van der Waals surface area contributed by atoms with E-state index in [4.69, 9.17) is 0 Å². The van der Waals surface area contributed by atoms with Crippen molar-refractivity contribution in [1.82, 2.24) is 4.90 Å². The topological polar surface area (TPSA) is 6.48 Å². The third kappa shape index (κ3) is 3.33. The molecule has 1 aliphatic heterocycles. The number of nitrogens with zero attached hydrogens (tertiary/aromatic N) is 2. The first kappa shape index (κ1) is 14.3. The van der Waals surface area contributed by atoms with Gasteiger partial charge in [0.25, 0.3) is 0 Å². The van der Waals surface area contributed by atoms with E-state index in [1.54, 1.807) is 0 Å². The van der Waals surface area contributed by atoms with E-state index in [0.29, 0.717) is 0 Å². The summed E-state index contributed by atoms with van der Waals surface area (Å²) in [5.74, 6) is 0. The number of rotatable bonds is 1. The minimum atomic E-state index is 0. The molecule has 1 heterocycles. The molecule has 0 atom stereocenters. The summed E-state index contributed by atoms with van der Waals surface area (Å²) in [6, 6.07) is 9.58. The Hall–Kier alpha value is -0.791. The fraction of sp³-hybridized carbons (Fsp3) is 0.357. The van der Waals surface area contributed by atoms with E-state index in [-0.39, 0.29) is 25.5 Å². The predicted molar refractivity (Wildman–Crippen MR) is 67.7 cm³/mol. The van der Waals surface area contributed by atoms with Crippen molar-refractivity contribution in [2.24, 2.45) is 0 Å². The minimum Gasteiger partial charge on any atom is -0.510 e. The monoisotopic (exact) mass is 407 g/mol. The molecule has 2 nitrogen and oxygen atoms in total. The van der Waals surface area contributed by atoms with E-state index in [1.807, 2.05) is 37.1 Å². The van der Waals surface area contributed by atoms with E-state index in [0.717, 1.165) is 5.69 Å². The Kier molecular flexibility index (Phi) is 4.40. The Morgan fingerprint density at radius 1 is 1.24 bits per heavy atom. The second kappa shape index (κ2) is 5.24. The molecular weight excluding hydrogens is 388 g/mol. The van der Waals surface area contributed by atoms with E-state index in [1.165, 1.54) is 5.56 Å². The van der Waals surface area contributed by atoms with Gasteiger partial charge in [0.2, 0.25) is 0 Å². The summed E-state index contributed by atoms with van der Waals surface area (Å²) in [4.78, 5) is 4.10. The van der Waals surface area contributed by atoms with Gasteiger partial charge in [-0.25, -0.2) is 0 Å². The molecule has 0 aromatic heterocycles. The van der Waals surface area contributed by atoms with Crippen LogP contribution in [-0.4, -0.2) is 11.9 Å². The molecule has 17 heavy (non-hydrogen) atoms. The average Bonchev–Trinajstić information content (AvgIpc) is 2.64. The first-order chi connectivity index (χ1) is 7.47. The van der Waals surface area contributed by atoms with Crippen molar-refractivity contribution in [3.63, 3.8) is 0 Å². The second-order valence-electron chi connectivity index (χ2n) is 5.20. The third-order valence-electron chi connectivity index (χ3n) is 2.70. The van der Waals surface area contributed by atoms with Crippen molar-refractivity contribution in [1.29, 1.82) is 0 Å². The van der Waals surface area contributed by atoms with Crippen LogP contribution >= 0.6 is 0 Å². The maximum atomic E-state index is 3.26. The van der Waals surface area contributed by atoms with Gasteiger partial charge in [0.15, 0.2) is 0 Å². The summed E-state index contributed by atoms with van der Waals surface area (Å²) in [6.07, 6.45) is 4.07. The second-order valence-corrected chi connectivity index (χ2v) is 5.20. The molecule has 0 N–H and O–H groups in total. The molecule has 0 bridgehead atoms. The largest absolute Gasteiger partial charge is 0.510 e. The van der Waals surface area contributed by atoms with Crippen LogP contribution in [0.5, 0.6) is 0 Å². The summed E-state index contributed by atoms with van der Waals surface area (Å²) in [5.41, 5.74) is 2.60. The van der Waals surface area contributed by atoms with Crippen LogP contribution in [0.4, 0.5) is 5.69 Å². The Balaban J connectivity index is 0.00000144.